The summed E-state index contributed by atoms with van der Waals surface area (Å²) in [5, 5.41) is 5.50. The van der Waals surface area contributed by atoms with Gasteiger partial charge in [0.2, 0.25) is 0 Å². The van der Waals surface area contributed by atoms with Crippen LogP contribution in [0.5, 0.6) is 0 Å². The second-order valence-electron chi connectivity index (χ2n) is 18.4. The van der Waals surface area contributed by atoms with E-state index in [9.17, 15) is 9.59 Å². The molecule has 376 valence electrons. The molecular weight excluding hydrogens is 1040 g/mol. The average molecular weight is 1090 g/mol. The van der Waals surface area contributed by atoms with Crippen LogP contribution >= 0.6 is 15.9 Å². The molecule has 10 nitrogen and oxygen atoms in total. The molecule has 0 saturated heterocycles. The molecule has 14 rings (SSSR count). The highest BCUT2D eigenvalue weighted by Crippen LogP contribution is 2.30. The first-order chi connectivity index (χ1) is 38.9. The molecule has 0 saturated carbocycles. The number of nitrogens with zero attached hydrogens (tertiary/aromatic N) is 7. The van der Waals surface area contributed by atoms with E-state index in [0.29, 0.717) is 40.3 Å². The van der Waals surface area contributed by atoms with Crippen LogP contribution in [0.3, 0.4) is 0 Å². The Morgan fingerprint density at radius 2 is 0.658 bits per heavy atom. The van der Waals surface area contributed by atoms with Gasteiger partial charge in [0, 0.05) is 70.6 Å². The third-order valence-electron chi connectivity index (χ3n) is 13.3. The Morgan fingerprint density at radius 3 is 1.15 bits per heavy atom. The molecule has 0 spiro atoms. The number of halogens is 1. The van der Waals surface area contributed by atoms with Crippen LogP contribution in [0.15, 0.2) is 281 Å². The summed E-state index contributed by atoms with van der Waals surface area (Å²) in [6, 6.07) is 86.8. The number of benzene rings is 10. The number of para-hydroxylation sites is 2. The van der Waals surface area contributed by atoms with E-state index in [1.807, 2.05) is 261 Å². The van der Waals surface area contributed by atoms with Gasteiger partial charge in [-0.05, 0) is 59.3 Å². The average Bonchev–Trinajstić information content (AvgIpc) is 3.55. The molecule has 0 radical (unpaired) electrons. The maximum Gasteiger partial charge on any atom is 0.263 e. The van der Waals surface area contributed by atoms with Gasteiger partial charge in [-0.2, -0.15) is 0 Å². The third kappa shape index (κ3) is 10.6. The van der Waals surface area contributed by atoms with Crippen molar-refractivity contribution in [3.8, 4) is 74.0 Å². The maximum absolute atomic E-state index is 13.8. The largest absolute Gasteiger partial charge is 0.321 e. The topological polar surface area (TPSA) is 132 Å². The van der Waals surface area contributed by atoms with Crippen molar-refractivity contribution in [2.75, 3.05) is 0 Å². The number of rotatable bonds is 7. The van der Waals surface area contributed by atoms with E-state index in [0.717, 1.165) is 81.5 Å². The molecule has 4 aromatic heterocycles. The molecule has 10 aromatic carbocycles. The van der Waals surface area contributed by atoms with Gasteiger partial charge in [-0.25, -0.2) is 29.9 Å². The summed E-state index contributed by atoms with van der Waals surface area (Å²) in [5.74, 6) is 3.74. The maximum atomic E-state index is 13.8. The molecule has 4 heterocycles. The Balaban J connectivity index is 0.000000132. The van der Waals surface area contributed by atoms with Gasteiger partial charge in [0.15, 0.2) is 34.9 Å². The fourth-order valence-corrected chi connectivity index (χ4v) is 9.91. The molecule has 0 amide bonds. The molecule has 11 heteroatoms. The van der Waals surface area contributed by atoms with Gasteiger partial charge >= 0.3 is 0 Å². The molecule has 0 atom stereocenters. The minimum Gasteiger partial charge on any atom is -0.321 e. The zero-order chi connectivity index (χ0) is 53.5. The summed E-state index contributed by atoms with van der Waals surface area (Å²) in [6.07, 6.45) is 0. The molecule has 1 N–H and O–H groups in total. The Bertz CT molecular complexity index is 4500. The number of hydrogen-bond donors (Lipinski definition) is 1. The summed E-state index contributed by atoms with van der Waals surface area (Å²) in [7, 11) is 0. The second kappa shape index (κ2) is 22.5. The van der Waals surface area contributed by atoms with E-state index in [-0.39, 0.29) is 11.1 Å². The van der Waals surface area contributed by atoms with Crippen LogP contribution in [0.25, 0.3) is 117 Å². The number of pyridine rings is 2. The van der Waals surface area contributed by atoms with Crippen LogP contribution in [0.4, 0.5) is 0 Å². The zero-order valence-corrected chi connectivity index (χ0v) is 43.8. The fraction of sp³-hybridized carbons (Fsp3) is 0. The van der Waals surface area contributed by atoms with Crippen molar-refractivity contribution in [2.24, 2.45) is 0 Å². The highest BCUT2D eigenvalue weighted by Gasteiger charge is 2.17. The van der Waals surface area contributed by atoms with Crippen molar-refractivity contribution >= 4 is 59.3 Å². The minimum absolute atomic E-state index is 0.0238. The van der Waals surface area contributed by atoms with E-state index in [2.05, 4.69) is 32.0 Å². The van der Waals surface area contributed by atoms with Gasteiger partial charge in [0.1, 0.15) is 0 Å². The van der Waals surface area contributed by atoms with Crippen LogP contribution in [0.1, 0.15) is 0 Å². The Labute approximate surface area is 462 Å². The van der Waals surface area contributed by atoms with Crippen LogP contribution in [-0.2, 0) is 0 Å². The minimum atomic E-state index is -0.0629. The van der Waals surface area contributed by atoms with Gasteiger partial charge < -0.3 is 4.98 Å². The summed E-state index contributed by atoms with van der Waals surface area (Å²) < 4.78 is 2.77. The Kier molecular flexibility index (Phi) is 14.1. The number of fused-ring (bicyclic) bond motifs is 6. The predicted molar refractivity (Wildman–Crippen MR) is 323 cm³/mol. The second-order valence-corrected chi connectivity index (χ2v) is 19.3. The predicted octanol–water partition coefficient (Wildman–Crippen LogP) is 15.6. The van der Waals surface area contributed by atoms with Crippen molar-refractivity contribution in [2.45, 2.75) is 0 Å². The molecule has 0 aliphatic rings. The normalized spacial score (nSPS) is 10.9. The molecule has 0 unspecified atom stereocenters. The highest BCUT2D eigenvalue weighted by atomic mass is 79.9. The van der Waals surface area contributed by atoms with E-state index in [4.69, 9.17) is 24.9 Å². The lowest BCUT2D eigenvalue weighted by Crippen LogP contribution is -2.19. The van der Waals surface area contributed by atoms with Crippen molar-refractivity contribution in [1.82, 2.24) is 39.5 Å². The molecule has 0 aliphatic carbocycles. The quantitative estimate of drug-likeness (QED) is 0.156. The van der Waals surface area contributed by atoms with E-state index in [1.54, 1.807) is 4.57 Å². The van der Waals surface area contributed by atoms with Crippen LogP contribution < -0.4 is 11.1 Å². The lowest BCUT2D eigenvalue weighted by molar-refractivity contribution is 1.05. The third-order valence-corrected chi connectivity index (χ3v) is 13.8. The monoisotopic (exact) mass is 1080 g/mol. The molecule has 0 bridgehead atoms. The van der Waals surface area contributed by atoms with Crippen LogP contribution in [-0.4, -0.2) is 39.5 Å². The number of H-pyrrole nitrogens is 1. The fourth-order valence-electron chi connectivity index (χ4n) is 9.51. The number of aromatic amines is 1. The first-order valence-corrected chi connectivity index (χ1v) is 26.3. The van der Waals surface area contributed by atoms with E-state index >= 15 is 0 Å². The Morgan fingerprint density at radius 1 is 0.304 bits per heavy atom. The molecule has 0 fully saturated rings. The lowest BCUT2D eigenvalue weighted by Gasteiger charge is -2.14. The summed E-state index contributed by atoms with van der Waals surface area (Å²) in [5.41, 5.74) is 7.91. The molecular formula is C68H45BrN8O2. The first-order valence-electron chi connectivity index (χ1n) is 25.5. The molecule has 0 aliphatic heterocycles. The van der Waals surface area contributed by atoms with Crippen molar-refractivity contribution < 1.29 is 0 Å². The summed E-state index contributed by atoms with van der Waals surface area (Å²) in [6.45, 7) is 0. The lowest BCUT2D eigenvalue weighted by atomic mass is 10.1. The molecule has 79 heavy (non-hydrogen) atoms. The molecule has 14 aromatic rings. The van der Waals surface area contributed by atoms with Crippen molar-refractivity contribution in [1.29, 1.82) is 0 Å². The van der Waals surface area contributed by atoms with Gasteiger partial charge in [-0.3, -0.25) is 14.2 Å². The highest BCUT2D eigenvalue weighted by molar-refractivity contribution is 9.10. The van der Waals surface area contributed by atoms with Crippen LogP contribution in [0.2, 0.25) is 0 Å². The van der Waals surface area contributed by atoms with Gasteiger partial charge in [0.05, 0.1) is 5.52 Å². The number of aromatic nitrogens is 8. The first kappa shape index (κ1) is 49.5. The van der Waals surface area contributed by atoms with Gasteiger partial charge in [-0.15, -0.1) is 0 Å². The summed E-state index contributed by atoms with van der Waals surface area (Å²) >= 11 is 3.52. The van der Waals surface area contributed by atoms with E-state index in [1.165, 1.54) is 0 Å². The van der Waals surface area contributed by atoms with E-state index < -0.39 is 0 Å². The number of hydrogen-bond acceptors (Lipinski definition) is 8. The Hall–Kier alpha value is -10.4. The van der Waals surface area contributed by atoms with Gasteiger partial charge in [0.25, 0.3) is 11.1 Å². The van der Waals surface area contributed by atoms with Crippen LogP contribution in [0, 0.1) is 0 Å². The van der Waals surface area contributed by atoms with Gasteiger partial charge in [-0.1, -0.05) is 234 Å². The zero-order valence-electron chi connectivity index (χ0n) is 42.2. The van der Waals surface area contributed by atoms with Crippen molar-refractivity contribution in [3.63, 3.8) is 0 Å². The summed E-state index contributed by atoms with van der Waals surface area (Å²) in [4.78, 5) is 57.0. The SMILES string of the molecule is Brc1cccc(-c2nc(-c3ccccc3)nc(-c3ccccc3)n2)c1.O=c1[nH]c2ccccc2c2ccccc12.O=c1c2ccccc2c2ccccc2n1-c1cccc(-c2nc(-c3ccccc3)nc(-c3ccccc3)n2)c1. The number of nitrogens with one attached hydrogen (secondary N) is 1. The van der Waals surface area contributed by atoms with Crippen molar-refractivity contribution in [3.05, 3.63) is 292 Å². The smallest absolute Gasteiger partial charge is 0.263 e. The standard InChI is InChI=1S/C34H22N4O.C21H14BrN3.C13H9NO/c39-34-29-20-8-7-18-27(29)28-19-9-10-21-30(28)38(34)26-17-11-16-25(22-26)33-36-31(23-12-3-1-4-13-23)35-32(37-33)24-14-5-2-6-15-24;22-18-13-7-12-17(14-18)21-24-19(15-8-3-1-4-9-15)23-20(25-21)16-10-5-2-6-11-16;15-13-11-7-2-1-5-9(11)10-6-3-4-8-12(10)14-13/h1-22H;1-14H;1-8H,(H,14,15).